The number of hydrogen-bond acceptors (Lipinski definition) is 3. The van der Waals surface area contributed by atoms with Gasteiger partial charge in [0.05, 0.1) is 6.10 Å². The van der Waals surface area contributed by atoms with Gasteiger partial charge >= 0.3 is 0 Å². The van der Waals surface area contributed by atoms with Gasteiger partial charge in [-0.3, -0.25) is 4.79 Å². The maximum atomic E-state index is 12.2. The number of aromatic nitrogens is 1. The van der Waals surface area contributed by atoms with Crippen molar-refractivity contribution in [3.05, 3.63) is 28.6 Å². The maximum Gasteiger partial charge on any atom is 0.262 e. The van der Waals surface area contributed by atoms with Crippen LogP contribution in [0.25, 0.3) is 6.08 Å². The zero-order valence-corrected chi connectivity index (χ0v) is 14.2. The van der Waals surface area contributed by atoms with Gasteiger partial charge in [0.25, 0.3) is 5.91 Å². The standard InChI is InChI=1S/C18H25N3O2/c1-4-7-21-13(2)9-15(14(21)3)10-16(11-19)18(22)20-12-17-6-5-8-23-17/h9-10,17H,4-8,12H2,1-3H3,(H,20,22)/b16-10-. The average molecular weight is 315 g/mol. The smallest absolute Gasteiger partial charge is 0.262 e. The zero-order valence-electron chi connectivity index (χ0n) is 14.2. The summed E-state index contributed by atoms with van der Waals surface area (Å²) in [5.74, 6) is -0.330. The van der Waals surface area contributed by atoms with Gasteiger partial charge in [0.2, 0.25) is 0 Å². The molecule has 5 nitrogen and oxygen atoms in total. The maximum absolute atomic E-state index is 12.2. The molecule has 0 aliphatic carbocycles. The molecular weight excluding hydrogens is 290 g/mol. The first-order valence-electron chi connectivity index (χ1n) is 8.25. The Morgan fingerprint density at radius 2 is 2.35 bits per heavy atom. The minimum absolute atomic E-state index is 0.0773. The highest BCUT2D eigenvalue weighted by Gasteiger charge is 2.18. The van der Waals surface area contributed by atoms with Crippen molar-refractivity contribution in [2.75, 3.05) is 13.2 Å². The number of hydrogen-bond donors (Lipinski definition) is 1. The van der Waals surface area contributed by atoms with Gasteiger partial charge in [-0.05, 0) is 50.8 Å². The molecule has 1 atom stereocenters. The quantitative estimate of drug-likeness (QED) is 0.648. The van der Waals surface area contributed by atoms with Crippen LogP contribution in [0.1, 0.15) is 43.1 Å². The lowest BCUT2D eigenvalue weighted by molar-refractivity contribution is -0.117. The normalized spacial score (nSPS) is 18.0. The topological polar surface area (TPSA) is 67.0 Å². The molecule has 1 aromatic heterocycles. The molecule has 23 heavy (non-hydrogen) atoms. The lowest BCUT2D eigenvalue weighted by atomic mass is 10.1. The molecule has 2 heterocycles. The SMILES string of the molecule is CCCn1c(C)cc(/C=C(/C#N)C(=O)NCC2CCCO2)c1C. The van der Waals surface area contributed by atoms with Crippen LogP contribution >= 0.6 is 0 Å². The van der Waals surface area contributed by atoms with Crippen molar-refractivity contribution in [2.45, 2.75) is 52.7 Å². The molecule has 1 amide bonds. The van der Waals surface area contributed by atoms with Crippen LogP contribution in [-0.4, -0.2) is 29.7 Å². The Labute approximate surface area is 137 Å². The number of rotatable bonds is 6. The van der Waals surface area contributed by atoms with Crippen molar-refractivity contribution in [3.8, 4) is 6.07 Å². The van der Waals surface area contributed by atoms with Crippen molar-refractivity contribution < 1.29 is 9.53 Å². The lowest BCUT2D eigenvalue weighted by Gasteiger charge is -2.10. The number of carbonyl (C=O) groups is 1. The van der Waals surface area contributed by atoms with Gasteiger partial charge in [0.1, 0.15) is 11.6 Å². The third-order valence-corrected chi connectivity index (χ3v) is 4.24. The van der Waals surface area contributed by atoms with Crippen molar-refractivity contribution in [1.82, 2.24) is 9.88 Å². The van der Waals surface area contributed by atoms with Crippen molar-refractivity contribution >= 4 is 12.0 Å². The van der Waals surface area contributed by atoms with E-state index in [4.69, 9.17) is 4.74 Å². The predicted molar refractivity (Wildman–Crippen MR) is 89.8 cm³/mol. The molecule has 0 saturated carbocycles. The van der Waals surface area contributed by atoms with E-state index in [1.165, 1.54) is 0 Å². The second kappa shape index (κ2) is 7.98. The van der Waals surface area contributed by atoms with Gasteiger partial charge in [-0.15, -0.1) is 0 Å². The Kier molecular flexibility index (Phi) is 6.00. The summed E-state index contributed by atoms with van der Waals surface area (Å²) in [5, 5.41) is 12.1. The van der Waals surface area contributed by atoms with E-state index in [9.17, 15) is 10.1 Å². The van der Waals surface area contributed by atoms with Crippen LogP contribution in [0.4, 0.5) is 0 Å². The van der Waals surface area contributed by atoms with Gasteiger partial charge in [0.15, 0.2) is 0 Å². The first-order chi connectivity index (χ1) is 11.1. The number of amides is 1. The number of aryl methyl sites for hydroxylation is 1. The molecule has 1 aromatic rings. The molecule has 0 spiro atoms. The van der Waals surface area contributed by atoms with Crippen molar-refractivity contribution in [3.63, 3.8) is 0 Å². The van der Waals surface area contributed by atoms with E-state index in [2.05, 4.69) is 16.8 Å². The lowest BCUT2D eigenvalue weighted by Crippen LogP contribution is -2.32. The molecule has 124 valence electrons. The third-order valence-electron chi connectivity index (χ3n) is 4.24. The number of ether oxygens (including phenoxy) is 1. The monoisotopic (exact) mass is 315 g/mol. The summed E-state index contributed by atoms with van der Waals surface area (Å²) in [6.45, 7) is 8.36. The zero-order chi connectivity index (χ0) is 16.8. The Hall–Kier alpha value is -2.06. The Morgan fingerprint density at radius 3 is 2.96 bits per heavy atom. The van der Waals surface area contributed by atoms with E-state index in [-0.39, 0.29) is 17.6 Å². The first kappa shape index (κ1) is 17.3. The Bertz CT molecular complexity index is 631. The molecule has 0 radical (unpaired) electrons. The van der Waals surface area contributed by atoms with Crippen LogP contribution in [0.15, 0.2) is 11.6 Å². The predicted octanol–water partition coefficient (Wildman–Crippen LogP) is 2.72. The molecule has 0 aromatic carbocycles. The molecule has 1 unspecified atom stereocenters. The summed E-state index contributed by atoms with van der Waals surface area (Å²) in [7, 11) is 0. The van der Waals surface area contributed by atoms with Crippen LogP contribution in [-0.2, 0) is 16.1 Å². The van der Waals surface area contributed by atoms with Gasteiger partial charge in [-0.2, -0.15) is 5.26 Å². The summed E-state index contributed by atoms with van der Waals surface area (Å²) in [6.07, 6.45) is 4.80. The van der Waals surface area contributed by atoms with Crippen molar-refractivity contribution in [1.29, 1.82) is 5.26 Å². The van der Waals surface area contributed by atoms with Crippen LogP contribution in [0.3, 0.4) is 0 Å². The Morgan fingerprint density at radius 1 is 1.57 bits per heavy atom. The van der Waals surface area contributed by atoms with E-state index in [1.54, 1.807) is 6.08 Å². The van der Waals surface area contributed by atoms with Crippen LogP contribution in [0, 0.1) is 25.2 Å². The summed E-state index contributed by atoms with van der Waals surface area (Å²) in [5.41, 5.74) is 3.30. The summed E-state index contributed by atoms with van der Waals surface area (Å²) in [6, 6.07) is 4.04. The molecule has 1 N–H and O–H groups in total. The van der Waals surface area contributed by atoms with Gasteiger partial charge in [-0.1, -0.05) is 6.92 Å². The van der Waals surface area contributed by atoms with E-state index >= 15 is 0 Å². The molecule has 1 aliphatic heterocycles. The van der Waals surface area contributed by atoms with Crippen LogP contribution in [0.2, 0.25) is 0 Å². The molecule has 1 aliphatic rings. The van der Waals surface area contributed by atoms with Crippen molar-refractivity contribution in [2.24, 2.45) is 0 Å². The fraction of sp³-hybridized carbons (Fsp3) is 0.556. The van der Waals surface area contributed by atoms with Gasteiger partial charge in [0, 0.05) is 31.1 Å². The Balaban J connectivity index is 2.10. The summed E-state index contributed by atoms with van der Waals surface area (Å²) in [4.78, 5) is 12.2. The minimum atomic E-state index is -0.330. The molecule has 1 fully saturated rings. The highest BCUT2D eigenvalue weighted by molar-refractivity contribution is 6.01. The number of nitriles is 1. The minimum Gasteiger partial charge on any atom is -0.376 e. The van der Waals surface area contributed by atoms with Gasteiger partial charge in [-0.25, -0.2) is 0 Å². The van der Waals surface area contributed by atoms with E-state index in [0.29, 0.717) is 6.54 Å². The molecule has 1 saturated heterocycles. The second-order valence-electron chi connectivity index (χ2n) is 5.99. The van der Waals surface area contributed by atoms with Crippen LogP contribution < -0.4 is 5.32 Å². The van der Waals surface area contributed by atoms with E-state index in [1.807, 2.05) is 26.0 Å². The summed E-state index contributed by atoms with van der Waals surface area (Å²) >= 11 is 0. The largest absolute Gasteiger partial charge is 0.376 e. The molecule has 2 rings (SSSR count). The number of nitrogens with one attached hydrogen (secondary N) is 1. The molecule has 5 heteroatoms. The second-order valence-corrected chi connectivity index (χ2v) is 5.99. The summed E-state index contributed by atoms with van der Waals surface area (Å²) < 4.78 is 7.69. The average Bonchev–Trinajstić information content (AvgIpc) is 3.14. The fourth-order valence-electron chi connectivity index (χ4n) is 2.95. The van der Waals surface area contributed by atoms with Crippen LogP contribution in [0.5, 0.6) is 0 Å². The number of nitrogens with zero attached hydrogens (tertiary/aromatic N) is 2. The van der Waals surface area contributed by atoms with E-state index < -0.39 is 0 Å². The van der Waals surface area contributed by atoms with Gasteiger partial charge < -0.3 is 14.6 Å². The third kappa shape index (κ3) is 4.23. The first-order valence-corrected chi connectivity index (χ1v) is 8.25. The molecule has 0 bridgehead atoms. The fourth-order valence-corrected chi connectivity index (χ4v) is 2.95. The highest BCUT2D eigenvalue weighted by Crippen LogP contribution is 2.19. The number of carbonyl (C=O) groups excluding carboxylic acids is 1. The molecular formula is C18H25N3O2. The van der Waals surface area contributed by atoms with E-state index in [0.717, 1.165) is 49.4 Å². The highest BCUT2D eigenvalue weighted by atomic mass is 16.5.